The van der Waals surface area contributed by atoms with Crippen LogP contribution in [0.3, 0.4) is 0 Å². The zero-order valence-corrected chi connectivity index (χ0v) is 6.75. The van der Waals surface area contributed by atoms with E-state index in [-0.39, 0.29) is 0 Å². The molecule has 10 heavy (non-hydrogen) atoms. The Bertz CT molecular complexity index is 44.1. The summed E-state index contributed by atoms with van der Waals surface area (Å²) in [6.45, 7) is 4.09. The summed E-state index contributed by atoms with van der Waals surface area (Å²) in [5.74, 6) is 0. The van der Waals surface area contributed by atoms with Gasteiger partial charge >= 0.3 is 0 Å². The second kappa shape index (κ2) is 11.6. The van der Waals surface area contributed by atoms with Crippen molar-refractivity contribution in [3.05, 3.63) is 0 Å². The van der Waals surface area contributed by atoms with E-state index in [2.05, 4.69) is 6.92 Å². The molecule has 0 bridgehead atoms. The molecule has 0 rings (SSSR count). The highest BCUT2D eigenvalue weighted by atomic mass is 16.5. The topological polar surface area (TPSA) is 60.7 Å². The highest BCUT2D eigenvalue weighted by Gasteiger charge is 1.83. The lowest BCUT2D eigenvalue weighted by Gasteiger charge is -1.90. The first kappa shape index (κ1) is 12.5. The molecular weight excluding hydrogens is 132 g/mol. The first-order valence-electron chi connectivity index (χ1n) is 3.66. The van der Waals surface area contributed by atoms with Gasteiger partial charge in [-0.3, -0.25) is 0 Å². The Morgan fingerprint density at radius 1 is 1.20 bits per heavy atom. The number of aliphatic hydroxyl groups excluding tert-OH is 2. The van der Waals surface area contributed by atoms with Gasteiger partial charge in [0.15, 0.2) is 6.29 Å². The highest BCUT2D eigenvalue weighted by Crippen LogP contribution is 1.79. The van der Waals surface area contributed by atoms with E-state index in [1.165, 1.54) is 0 Å². The van der Waals surface area contributed by atoms with E-state index in [4.69, 9.17) is 15.3 Å². The normalized spacial score (nSPS) is 9.00. The van der Waals surface area contributed by atoms with Crippen LogP contribution in [0, 0.1) is 0 Å². The van der Waals surface area contributed by atoms with Crippen molar-refractivity contribution in [1.29, 1.82) is 0 Å². The second-order valence-corrected chi connectivity index (χ2v) is 1.97. The molecule has 0 unspecified atom stereocenters. The van der Waals surface area contributed by atoms with Crippen LogP contribution >= 0.6 is 0 Å². The molecule has 0 aliphatic heterocycles. The van der Waals surface area contributed by atoms with Gasteiger partial charge < -0.3 is 15.3 Å². The molecule has 0 aromatic heterocycles. The summed E-state index contributed by atoms with van der Waals surface area (Å²) in [5.41, 5.74) is 0. The van der Waals surface area contributed by atoms with Crippen LogP contribution in [-0.2, 0) is 0 Å². The van der Waals surface area contributed by atoms with Crippen molar-refractivity contribution in [1.82, 2.24) is 0 Å². The molecular formula is C7H18O3. The molecule has 3 N–H and O–H groups in total. The molecule has 0 aliphatic rings. The van der Waals surface area contributed by atoms with Gasteiger partial charge in [0.2, 0.25) is 0 Å². The van der Waals surface area contributed by atoms with E-state index in [0.29, 0.717) is 13.0 Å². The van der Waals surface area contributed by atoms with Crippen LogP contribution in [0.1, 0.15) is 33.1 Å². The fourth-order valence-electron chi connectivity index (χ4n) is 0.158. The largest absolute Gasteiger partial charge is 0.396 e. The van der Waals surface area contributed by atoms with Gasteiger partial charge in [0.05, 0.1) is 0 Å². The summed E-state index contributed by atoms with van der Waals surface area (Å²) in [4.78, 5) is 0. The molecule has 0 radical (unpaired) electrons. The van der Waals surface area contributed by atoms with Crippen molar-refractivity contribution >= 4 is 0 Å². The molecule has 0 aliphatic carbocycles. The SMILES string of the molecule is CCC(O)O.CCCCO. The van der Waals surface area contributed by atoms with E-state index >= 15 is 0 Å². The predicted molar refractivity (Wildman–Crippen MR) is 40.5 cm³/mol. The summed E-state index contributed by atoms with van der Waals surface area (Å²) in [6, 6.07) is 0. The number of hydrogen-bond acceptors (Lipinski definition) is 3. The molecule has 0 saturated carbocycles. The highest BCUT2D eigenvalue weighted by molar-refractivity contribution is 4.23. The zero-order chi connectivity index (χ0) is 8.41. The smallest absolute Gasteiger partial charge is 0.151 e. The summed E-state index contributed by atoms with van der Waals surface area (Å²) in [6.07, 6.45) is 1.34. The maximum absolute atomic E-state index is 8.07. The Balaban J connectivity index is 0. The van der Waals surface area contributed by atoms with Crippen LogP contribution in [0.25, 0.3) is 0 Å². The summed E-state index contributed by atoms with van der Waals surface area (Å²) >= 11 is 0. The Kier molecular flexibility index (Phi) is 14.6. The van der Waals surface area contributed by atoms with Crippen LogP contribution < -0.4 is 0 Å². The van der Waals surface area contributed by atoms with E-state index in [1.807, 2.05) is 0 Å². The zero-order valence-electron chi connectivity index (χ0n) is 6.75. The minimum absolute atomic E-state index is 0.344. The maximum atomic E-state index is 8.07. The standard InChI is InChI=1S/C4H10O.C3H8O2/c1-2-3-4-5;1-2-3(4)5/h5H,2-4H2,1H3;3-5H,2H2,1H3. The van der Waals surface area contributed by atoms with Crippen molar-refractivity contribution in [2.75, 3.05) is 6.61 Å². The quantitative estimate of drug-likeness (QED) is 0.513. The lowest BCUT2D eigenvalue weighted by molar-refractivity contribution is -0.0413. The Morgan fingerprint density at radius 3 is 1.60 bits per heavy atom. The monoisotopic (exact) mass is 150 g/mol. The van der Waals surface area contributed by atoms with Gasteiger partial charge in [-0.1, -0.05) is 20.3 Å². The first-order chi connectivity index (χ1) is 4.68. The molecule has 64 valence electrons. The average molecular weight is 150 g/mol. The van der Waals surface area contributed by atoms with E-state index < -0.39 is 6.29 Å². The van der Waals surface area contributed by atoms with Crippen LogP contribution in [0.4, 0.5) is 0 Å². The van der Waals surface area contributed by atoms with Crippen LogP contribution in [0.5, 0.6) is 0 Å². The van der Waals surface area contributed by atoms with Gasteiger partial charge in [-0.15, -0.1) is 0 Å². The Morgan fingerprint density at radius 2 is 1.60 bits per heavy atom. The third-order valence-corrected chi connectivity index (χ3v) is 0.877. The van der Waals surface area contributed by atoms with Crippen molar-refractivity contribution < 1.29 is 15.3 Å². The molecule has 0 aromatic rings. The van der Waals surface area contributed by atoms with Gasteiger partial charge in [-0.2, -0.15) is 0 Å². The fraction of sp³-hybridized carbons (Fsp3) is 1.00. The van der Waals surface area contributed by atoms with Gasteiger partial charge in [-0.25, -0.2) is 0 Å². The van der Waals surface area contributed by atoms with Crippen LogP contribution in [0.15, 0.2) is 0 Å². The second-order valence-electron chi connectivity index (χ2n) is 1.97. The number of rotatable bonds is 3. The van der Waals surface area contributed by atoms with Gasteiger partial charge in [-0.05, 0) is 12.8 Å². The van der Waals surface area contributed by atoms with Crippen LogP contribution in [0.2, 0.25) is 0 Å². The third kappa shape index (κ3) is 24.8. The number of hydrogen-bond donors (Lipinski definition) is 3. The first-order valence-corrected chi connectivity index (χ1v) is 3.66. The van der Waals surface area contributed by atoms with Crippen molar-refractivity contribution in [2.24, 2.45) is 0 Å². The van der Waals surface area contributed by atoms with Gasteiger partial charge in [0, 0.05) is 6.61 Å². The molecule has 0 spiro atoms. The number of unbranched alkanes of at least 4 members (excludes halogenated alkanes) is 1. The maximum Gasteiger partial charge on any atom is 0.151 e. The molecule has 0 atom stereocenters. The van der Waals surface area contributed by atoms with Crippen molar-refractivity contribution in [2.45, 2.75) is 39.4 Å². The Hall–Kier alpha value is -0.120. The minimum atomic E-state index is -1.12. The summed E-state index contributed by atoms with van der Waals surface area (Å²) in [7, 11) is 0. The number of aliphatic hydroxyl groups is 3. The predicted octanol–water partition coefficient (Wildman–Crippen LogP) is 0.486. The summed E-state index contributed by atoms with van der Waals surface area (Å²) < 4.78 is 0. The van der Waals surface area contributed by atoms with Crippen LogP contribution in [-0.4, -0.2) is 28.2 Å². The molecule has 0 aromatic carbocycles. The van der Waals surface area contributed by atoms with E-state index in [1.54, 1.807) is 6.92 Å². The molecule has 3 nitrogen and oxygen atoms in total. The van der Waals surface area contributed by atoms with Crippen molar-refractivity contribution in [3.8, 4) is 0 Å². The van der Waals surface area contributed by atoms with Crippen molar-refractivity contribution in [3.63, 3.8) is 0 Å². The lowest BCUT2D eigenvalue weighted by Crippen LogP contribution is -1.99. The molecule has 0 amide bonds. The fourth-order valence-corrected chi connectivity index (χ4v) is 0.158. The lowest BCUT2D eigenvalue weighted by atomic mass is 10.4. The molecule has 0 heterocycles. The molecule has 3 heteroatoms. The Labute approximate surface area is 62.3 Å². The average Bonchev–Trinajstić information content (AvgIpc) is 1.91. The van der Waals surface area contributed by atoms with Gasteiger partial charge in [0.1, 0.15) is 0 Å². The summed E-state index contributed by atoms with van der Waals surface area (Å²) in [5, 5.41) is 23.9. The van der Waals surface area contributed by atoms with E-state index in [0.717, 1.165) is 12.8 Å². The molecule has 0 fully saturated rings. The van der Waals surface area contributed by atoms with Gasteiger partial charge in [0.25, 0.3) is 0 Å². The minimum Gasteiger partial charge on any atom is -0.396 e. The third-order valence-electron chi connectivity index (χ3n) is 0.877. The van der Waals surface area contributed by atoms with E-state index in [9.17, 15) is 0 Å². The molecule has 0 saturated heterocycles.